The van der Waals surface area contributed by atoms with Crippen molar-refractivity contribution in [3.63, 3.8) is 0 Å². The van der Waals surface area contributed by atoms with E-state index in [1.165, 1.54) is 11.8 Å². The zero-order valence-corrected chi connectivity index (χ0v) is 8.88. The van der Waals surface area contributed by atoms with Crippen molar-refractivity contribution in [1.82, 2.24) is 15.3 Å². The van der Waals surface area contributed by atoms with Crippen LogP contribution in [0, 0.1) is 0 Å². The fourth-order valence-corrected chi connectivity index (χ4v) is 1.74. The summed E-state index contributed by atoms with van der Waals surface area (Å²) in [6.07, 6.45) is 5.00. The molecule has 14 heavy (non-hydrogen) atoms. The molecule has 1 fully saturated rings. The Hall–Kier alpha value is -0.810. The first kappa shape index (κ1) is 9.73. The molecular formula is C9H13N3OS. The fourth-order valence-electron chi connectivity index (χ4n) is 1.39. The van der Waals surface area contributed by atoms with Crippen LogP contribution in [0.15, 0.2) is 17.4 Å². The number of thioether (sulfide) groups is 1. The molecule has 0 bridgehead atoms. The van der Waals surface area contributed by atoms with Crippen molar-refractivity contribution >= 4 is 11.8 Å². The predicted octanol–water partition coefficient (Wildman–Crippen LogP) is 0.939. The van der Waals surface area contributed by atoms with Gasteiger partial charge in [-0.15, -0.1) is 0 Å². The van der Waals surface area contributed by atoms with E-state index in [4.69, 9.17) is 4.74 Å². The summed E-state index contributed by atoms with van der Waals surface area (Å²) in [6, 6.07) is 1.80. The maximum atomic E-state index is 5.69. The normalized spacial score (nSPS) is 21.1. The van der Waals surface area contributed by atoms with E-state index in [-0.39, 0.29) is 6.10 Å². The Bertz CT molecular complexity index is 302. The first-order valence-electron chi connectivity index (χ1n) is 4.63. The lowest BCUT2D eigenvalue weighted by molar-refractivity contribution is 0.212. The van der Waals surface area contributed by atoms with Crippen LogP contribution in [0.1, 0.15) is 6.42 Å². The molecular weight excluding hydrogens is 198 g/mol. The van der Waals surface area contributed by atoms with Crippen LogP contribution in [0.5, 0.6) is 5.88 Å². The lowest BCUT2D eigenvalue weighted by Gasteiger charge is -2.11. The second kappa shape index (κ2) is 4.61. The molecule has 2 rings (SSSR count). The Kier molecular flexibility index (Phi) is 3.21. The van der Waals surface area contributed by atoms with Crippen LogP contribution < -0.4 is 10.1 Å². The highest BCUT2D eigenvalue weighted by atomic mass is 32.2. The van der Waals surface area contributed by atoms with Gasteiger partial charge in [0, 0.05) is 18.8 Å². The highest BCUT2D eigenvalue weighted by molar-refractivity contribution is 7.98. The van der Waals surface area contributed by atoms with Gasteiger partial charge in [0.05, 0.1) is 0 Å². The van der Waals surface area contributed by atoms with E-state index < -0.39 is 0 Å². The molecule has 1 aromatic heterocycles. The zero-order chi connectivity index (χ0) is 9.80. The van der Waals surface area contributed by atoms with Crippen LogP contribution >= 0.6 is 11.8 Å². The van der Waals surface area contributed by atoms with E-state index in [2.05, 4.69) is 15.3 Å². The Labute approximate surface area is 87.5 Å². The van der Waals surface area contributed by atoms with Gasteiger partial charge in [0.15, 0.2) is 5.16 Å². The van der Waals surface area contributed by atoms with Gasteiger partial charge in [-0.25, -0.2) is 4.98 Å². The molecule has 0 aromatic carbocycles. The highest BCUT2D eigenvalue weighted by Gasteiger charge is 2.16. The van der Waals surface area contributed by atoms with Gasteiger partial charge in [-0.2, -0.15) is 4.98 Å². The average molecular weight is 211 g/mol. The predicted molar refractivity (Wildman–Crippen MR) is 55.7 cm³/mol. The minimum absolute atomic E-state index is 0.264. The lowest BCUT2D eigenvalue weighted by atomic mass is 10.3. The number of hydrogen-bond donors (Lipinski definition) is 1. The summed E-state index contributed by atoms with van der Waals surface area (Å²) in [5, 5.41) is 4.01. The fraction of sp³-hybridized carbons (Fsp3) is 0.556. The minimum atomic E-state index is 0.264. The van der Waals surface area contributed by atoms with Gasteiger partial charge >= 0.3 is 0 Å². The quantitative estimate of drug-likeness (QED) is 0.595. The van der Waals surface area contributed by atoms with Crippen molar-refractivity contribution < 1.29 is 4.74 Å². The Morgan fingerprint density at radius 1 is 1.64 bits per heavy atom. The van der Waals surface area contributed by atoms with Gasteiger partial charge in [-0.1, -0.05) is 11.8 Å². The first-order valence-corrected chi connectivity index (χ1v) is 5.85. The van der Waals surface area contributed by atoms with E-state index >= 15 is 0 Å². The summed E-state index contributed by atoms with van der Waals surface area (Å²) in [6.45, 7) is 1.95. The Morgan fingerprint density at radius 2 is 2.57 bits per heavy atom. The van der Waals surface area contributed by atoms with Gasteiger partial charge in [-0.3, -0.25) is 0 Å². The molecule has 1 saturated heterocycles. The zero-order valence-electron chi connectivity index (χ0n) is 8.06. The second-order valence-corrected chi connectivity index (χ2v) is 3.89. The average Bonchev–Trinajstić information content (AvgIpc) is 2.71. The van der Waals surface area contributed by atoms with E-state index in [1.807, 2.05) is 6.26 Å². The largest absolute Gasteiger partial charge is 0.473 e. The molecule has 0 amide bonds. The molecule has 1 aliphatic rings. The van der Waals surface area contributed by atoms with Crippen molar-refractivity contribution in [2.45, 2.75) is 17.7 Å². The highest BCUT2D eigenvalue weighted by Crippen LogP contribution is 2.15. The number of nitrogens with one attached hydrogen (secondary N) is 1. The number of nitrogens with zero attached hydrogens (tertiary/aromatic N) is 2. The van der Waals surface area contributed by atoms with Gasteiger partial charge in [0.25, 0.3) is 0 Å². The van der Waals surface area contributed by atoms with Crippen LogP contribution in [0.3, 0.4) is 0 Å². The van der Waals surface area contributed by atoms with Gasteiger partial charge < -0.3 is 10.1 Å². The monoisotopic (exact) mass is 211 g/mol. The molecule has 5 heteroatoms. The standard InChI is InChI=1S/C9H13N3OS/c1-14-9-11-5-3-8(12-9)13-7-2-4-10-6-7/h3,5,7,10H,2,4,6H2,1H3. The molecule has 1 aromatic rings. The minimum Gasteiger partial charge on any atom is -0.473 e. The van der Waals surface area contributed by atoms with Crippen molar-refractivity contribution in [1.29, 1.82) is 0 Å². The van der Waals surface area contributed by atoms with Gasteiger partial charge in [-0.05, 0) is 19.2 Å². The van der Waals surface area contributed by atoms with Crippen LogP contribution in [-0.4, -0.2) is 35.4 Å². The molecule has 76 valence electrons. The molecule has 0 radical (unpaired) electrons. The lowest BCUT2D eigenvalue weighted by Crippen LogP contribution is -2.20. The number of ether oxygens (including phenoxy) is 1. The molecule has 2 heterocycles. The number of hydrogen-bond acceptors (Lipinski definition) is 5. The van der Waals surface area contributed by atoms with E-state index in [1.54, 1.807) is 12.3 Å². The van der Waals surface area contributed by atoms with Crippen LogP contribution in [0.4, 0.5) is 0 Å². The van der Waals surface area contributed by atoms with Gasteiger partial charge in [0.1, 0.15) is 6.10 Å². The SMILES string of the molecule is CSc1nccc(OC2CCNC2)n1. The summed E-state index contributed by atoms with van der Waals surface area (Å²) in [7, 11) is 0. The maximum Gasteiger partial charge on any atom is 0.217 e. The Balaban J connectivity index is 2.00. The maximum absolute atomic E-state index is 5.69. The molecule has 1 atom stereocenters. The third kappa shape index (κ3) is 2.36. The second-order valence-electron chi connectivity index (χ2n) is 3.11. The number of aromatic nitrogens is 2. The molecule has 1 aliphatic heterocycles. The summed E-state index contributed by atoms with van der Waals surface area (Å²) in [5.41, 5.74) is 0. The topological polar surface area (TPSA) is 47.0 Å². The molecule has 0 aliphatic carbocycles. The summed E-state index contributed by atoms with van der Waals surface area (Å²) >= 11 is 1.52. The van der Waals surface area contributed by atoms with Crippen LogP contribution in [-0.2, 0) is 0 Å². The summed E-state index contributed by atoms with van der Waals surface area (Å²) in [4.78, 5) is 8.35. The molecule has 0 saturated carbocycles. The third-order valence-electron chi connectivity index (χ3n) is 2.09. The van der Waals surface area contributed by atoms with Crippen LogP contribution in [0.25, 0.3) is 0 Å². The molecule has 1 N–H and O–H groups in total. The van der Waals surface area contributed by atoms with Gasteiger partial charge in [0.2, 0.25) is 5.88 Å². The van der Waals surface area contributed by atoms with Crippen LogP contribution in [0.2, 0.25) is 0 Å². The van der Waals surface area contributed by atoms with E-state index in [9.17, 15) is 0 Å². The van der Waals surface area contributed by atoms with Crippen molar-refractivity contribution in [3.05, 3.63) is 12.3 Å². The molecule has 0 spiro atoms. The first-order chi connectivity index (χ1) is 6.88. The van der Waals surface area contributed by atoms with E-state index in [0.29, 0.717) is 5.88 Å². The third-order valence-corrected chi connectivity index (χ3v) is 2.65. The van der Waals surface area contributed by atoms with Crippen molar-refractivity contribution in [2.75, 3.05) is 19.3 Å². The van der Waals surface area contributed by atoms with Crippen molar-refractivity contribution in [2.24, 2.45) is 0 Å². The summed E-state index contributed by atoms with van der Waals surface area (Å²) < 4.78 is 5.69. The van der Waals surface area contributed by atoms with E-state index in [0.717, 1.165) is 24.7 Å². The number of rotatable bonds is 3. The van der Waals surface area contributed by atoms with Crippen molar-refractivity contribution in [3.8, 4) is 5.88 Å². The molecule has 1 unspecified atom stereocenters. The smallest absolute Gasteiger partial charge is 0.217 e. The Morgan fingerprint density at radius 3 is 3.29 bits per heavy atom. The summed E-state index contributed by atoms with van der Waals surface area (Å²) in [5.74, 6) is 0.679. The molecule has 4 nitrogen and oxygen atoms in total.